The zero-order valence-electron chi connectivity index (χ0n) is 7.79. The van der Waals surface area contributed by atoms with E-state index in [9.17, 15) is 4.79 Å². The van der Waals surface area contributed by atoms with Gasteiger partial charge in [0.2, 0.25) is 0 Å². The lowest BCUT2D eigenvalue weighted by Crippen LogP contribution is -2.30. The number of rotatable bonds is 2. The number of ketones is 1. The largest absolute Gasteiger partial charge is 0.300 e. The Morgan fingerprint density at radius 3 is 2.25 bits per heavy atom. The van der Waals surface area contributed by atoms with Crippen LogP contribution in [0, 0.1) is 0 Å². The smallest absolute Gasteiger partial charge is 0.131 e. The molecular weight excluding hydrogens is 147 g/mol. The average Bonchev–Trinajstić information content (AvgIpc) is 2.06. The van der Waals surface area contributed by atoms with Crippen molar-refractivity contribution in [3.05, 3.63) is 35.9 Å². The van der Waals surface area contributed by atoms with Gasteiger partial charge in [0.05, 0.1) is 0 Å². The number of hydrogen-bond acceptors (Lipinski definition) is 1. The van der Waals surface area contributed by atoms with Crippen molar-refractivity contribution in [3.8, 4) is 0 Å². The van der Waals surface area contributed by atoms with E-state index in [0.29, 0.717) is 0 Å². The highest BCUT2D eigenvalue weighted by molar-refractivity contribution is 6.28. The molecule has 0 heterocycles. The van der Waals surface area contributed by atoms with Crippen molar-refractivity contribution in [1.82, 2.24) is 0 Å². The molecule has 0 N–H and O–H groups in total. The molecule has 0 spiro atoms. The predicted molar refractivity (Wildman–Crippen MR) is 53.0 cm³/mol. The van der Waals surface area contributed by atoms with Crippen LogP contribution >= 0.6 is 0 Å². The van der Waals surface area contributed by atoms with Crippen LogP contribution in [0.2, 0.25) is 0 Å². The maximum Gasteiger partial charge on any atom is 0.131 e. The highest BCUT2D eigenvalue weighted by atomic mass is 16.1. The minimum Gasteiger partial charge on any atom is -0.300 e. The quantitative estimate of drug-likeness (QED) is 0.592. The van der Waals surface area contributed by atoms with E-state index >= 15 is 0 Å². The Hall–Kier alpha value is -1.05. The Balaban J connectivity index is 3.06. The summed E-state index contributed by atoms with van der Waals surface area (Å²) in [6, 6.07) is 9.85. The van der Waals surface area contributed by atoms with Crippen LogP contribution in [0.3, 0.4) is 0 Å². The Morgan fingerprint density at radius 2 is 1.83 bits per heavy atom. The third-order valence-corrected chi connectivity index (χ3v) is 2.38. The molecule has 62 valence electrons. The highest BCUT2D eigenvalue weighted by Crippen LogP contribution is 2.19. The topological polar surface area (TPSA) is 17.1 Å². The van der Waals surface area contributed by atoms with Crippen LogP contribution in [0.4, 0.5) is 0 Å². The first-order valence-corrected chi connectivity index (χ1v) is 4.11. The second-order valence-corrected chi connectivity index (χ2v) is 3.55. The van der Waals surface area contributed by atoms with Gasteiger partial charge in [-0.2, -0.15) is 0 Å². The summed E-state index contributed by atoms with van der Waals surface area (Å²) in [4.78, 5) is 11.3. The summed E-state index contributed by atoms with van der Waals surface area (Å²) in [7, 11) is 1.95. The van der Waals surface area contributed by atoms with E-state index < -0.39 is 0 Å². The number of hydrogen-bond donors (Lipinski definition) is 0. The van der Waals surface area contributed by atoms with Gasteiger partial charge in [-0.1, -0.05) is 37.3 Å². The van der Waals surface area contributed by atoms with Gasteiger partial charge in [-0.15, -0.1) is 0 Å². The summed E-state index contributed by atoms with van der Waals surface area (Å²) in [5.74, 6) is 0.203. The molecule has 1 aromatic carbocycles. The molecule has 1 unspecified atom stereocenters. The Labute approximate surface area is 74.2 Å². The van der Waals surface area contributed by atoms with Crippen molar-refractivity contribution >= 4 is 13.6 Å². The molecule has 1 rings (SSSR count). The molecule has 0 radical (unpaired) electrons. The molecule has 12 heavy (non-hydrogen) atoms. The van der Waals surface area contributed by atoms with E-state index in [0.717, 1.165) is 5.56 Å². The van der Waals surface area contributed by atoms with Gasteiger partial charge in [0.25, 0.3) is 0 Å². The van der Waals surface area contributed by atoms with E-state index in [1.165, 1.54) is 0 Å². The lowest BCUT2D eigenvalue weighted by Gasteiger charge is -2.21. The second kappa shape index (κ2) is 3.14. The van der Waals surface area contributed by atoms with Crippen molar-refractivity contribution in [1.29, 1.82) is 0 Å². The summed E-state index contributed by atoms with van der Waals surface area (Å²) in [5.41, 5.74) is 1.08. The van der Waals surface area contributed by atoms with E-state index in [-0.39, 0.29) is 11.1 Å². The van der Waals surface area contributed by atoms with Crippen LogP contribution in [-0.4, -0.2) is 13.6 Å². The molecule has 0 aliphatic heterocycles. The van der Waals surface area contributed by atoms with Crippen LogP contribution in [0.25, 0.3) is 0 Å². The molecule has 0 aromatic heterocycles. The van der Waals surface area contributed by atoms with Gasteiger partial charge >= 0.3 is 0 Å². The van der Waals surface area contributed by atoms with Gasteiger partial charge in [-0.25, -0.2) is 0 Å². The molecule has 0 saturated carbocycles. The van der Waals surface area contributed by atoms with Gasteiger partial charge in [-0.3, -0.25) is 4.79 Å². The fourth-order valence-electron chi connectivity index (χ4n) is 1.06. The zero-order valence-corrected chi connectivity index (χ0v) is 7.79. The zero-order chi connectivity index (χ0) is 9.19. The Kier molecular flexibility index (Phi) is 2.36. The molecule has 0 aliphatic carbocycles. The normalized spacial score (nSPS) is 15.2. The van der Waals surface area contributed by atoms with Crippen molar-refractivity contribution < 1.29 is 4.79 Å². The highest BCUT2D eigenvalue weighted by Gasteiger charge is 2.25. The van der Waals surface area contributed by atoms with Crippen LogP contribution < -0.4 is 0 Å². The molecule has 0 amide bonds. The third kappa shape index (κ3) is 1.58. The first-order chi connectivity index (χ1) is 5.55. The van der Waals surface area contributed by atoms with Gasteiger partial charge in [-0.05, 0) is 12.5 Å². The van der Waals surface area contributed by atoms with E-state index in [1.54, 1.807) is 6.92 Å². The standard InChI is InChI=1S/C10H13BO/c1-8(12)10(2,11)9-6-4-3-5-7-9/h3-7H,11H2,1-2H3. The molecule has 2 heteroatoms. The minimum atomic E-state index is -0.346. The van der Waals surface area contributed by atoms with Gasteiger partial charge in [0.15, 0.2) is 0 Å². The Bertz CT molecular complexity index is 277. The molecule has 0 aliphatic rings. The fraction of sp³-hybridized carbons (Fsp3) is 0.300. The first kappa shape index (κ1) is 9.05. The average molecular weight is 160 g/mol. The van der Waals surface area contributed by atoms with Gasteiger partial charge in [0.1, 0.15) is 13.6 Å². The van der Waals surface area contributed by atoms with E-state index in [4.69, 9.17) is 0 Å². The van der Waals surface area contributed by atoms with Gasteiger partial charge < -0.3 is 0 Å². The van der Waals surface area contributed by atoms with Crippen molar-refractivity contribution in [3.63, 3.8) is 0 Å². The molecule has 1 aromatic rings. The first-order valence-electron chi connectivity index (χ1n) is 4.11. The summed E-state index contributed by atoms with van der Waals surface area (Å²) < 4.78 is 0. The summed E-state index contributed by atoms with van der Waals surface area (Å²) in [5, 5.41) is -0.346. The third-order valence-electron chi connectivity index (χ3n) is 2.38. The molecule has 1 nitrogen and oxygen atoms in total. The number of benzene rings is 1. The van der Waals surface area contributed by atoms with Gasteiger partial charge in [0, 0.05) is 5.31 Å². The molecule has 0 fully saturated rings. The number of Topliss-reactive ketones (excluding diaryl/α,β-unsaturated/α-hetero) is 1. The van der Waals surface area contributed by atoms with Crippen LogP contribution in [-0.2, 0) is 10.1 Å². The van der Waals surface area contributed by atoms with Crippen molar-refractivity contribution in [2.45, 2.75) is 19.2 Å². The van der Waals surface area contributed by atoms with E-state index in [1.807, 2.05) is 45.1 Å². The molecular formula is C10H13BO. The maximum atomic E-state index is 11.3. The van der Waals surface area contributed by atoms with Crippen LogP contribution in [0.5, 0.6) is 0 Å². The SMILES string of the molecule is BC(C)(C(C)=O)c1ccccc1. The van der Waals surface area contributed by atoms with Crippen LogP contribution in [0.1, 0.15) is 19.4 Å². The maximum absolute atomic E-state index is 11.3. The summed E-state index contributed by atoms with van der Waals surface area (Å²) in [6.07, 6.45) is 0. The number of carbonyl (C=O) groups excluding carboxylic acids is 1. The lowest BCUT2D eigenvalue weighted by atomic mass is 9.63. The van der Waals surface area contributed by atoms with Crippen molar-refractivity contribution in [2.75, 3.05) is 0 Å². The van der Waals surface area contributed by atoms with Crippen LogP contribution in [0.15, 0.2) is 30.3 Å². The Morgan fingerprint density at radius 1 is 1.33 bits per heavy atom. The predicted octanol–water partition coefficient (Wildman–Crippen LogP) is 1.12. The molecule has 1 atom stereocenters. The molecule has 0 bridgehead atoms. The summed E-state index contributed by atoms with van der Waals surface area (Å²) >= 11 is 0. The van der Waals surface area contributed by atoms with E-state index in [2.05, 4.69) is 0 Å². The summed E-state index contributed by atoms with van der Waals surface area (Å²) in [6.45, 7) is 3.58. The monoisotopic (exact) mass is 160 g/mol. The fourth-order valence-corrected chi connectivity index (χ4v) is 1.06. The number of carbonyl (C=O) groups is 1. The second-order valence-electron chi connectivity index (χ2n) is 3.55. The minimum absolute atomic E-state index is 0.203. The van der Waals surface area contributed by atoms with Crippen molar-refractivity contribution in [2.24, 2.45) is 0 Å². The lowest BCUT2D eigenvalue weighted by molar-refractivity contribution is -0.119. The molecule has 0 saturated heterocycles.